The number of hydrogen-bond donors (Lipinski definition) is 1. The Morgan fingerprint density at radius 3 is 2.30 bits per heavy atom. The Balaban J connectivity index is 2.00. The van der Waals surface area contributed by atoms with Crippen LogP contribution in [0.3, 0.4) is 0 Å². The zero-order chi connectivity index (χ0) is 16.6. The van der Waals surface area contributed by atoms with Crippen molar-refractivity contribution < 1.29 is 0 Å². The quantitative estimate of drug-likeness (QED) is 0.708. The lowest BCUT2D eigenvalue weighted by Crippen LogP contribution is -2.05. The molecule has 0 aliphatic heterocycles. The van der Waals surface area contributed by atoms with Gasteiger partial charge in [-0.3, -0.25) is 0 Å². The molecule has 0 saturated carbocycles. The Bertz CT molecular complexity index is 852. The van der Waals surface area contributed by atoms with Crippen molar-refractivity contribution in [3.05, 3.63) is 57.0 Å². The Morgan fingerprint density at radius 2 is 1.70 bits per heavy atom. The van der Waals surface area contributed by atoms with Crippen LogP contribution in [0.1, 0.15) is 11.5 Å². The average molecular weight is 369 g/mol. The largest absolute Gasteiger partial charge is 0.338 e. The summed E-state index contributed by atoms with van der Waals surface area (Å²) in [5.41, 5.74) is 1.44. The van der Waals surface area contributed by atoms with Gasteiger partial charge < -0.3 is 5.32 Å². The van der Waals surface area contributed by atoms with Crippen molar-refractivity contribution in [2.24, 2.45) is 0 Å². The maximum absolute atomic E-state index is 6.19. The Labute approximate surface area is 148 Å². The number of nitrogens with one attached hydrogen (secondary N) is 1. The first-order chi connectivity index (χ1) is 10.9. The molecule has 2 heterocycles. The van der Waals surface area contributed by atoms with Gasteiger partial charge in [0.2, 0.25) is 0 Å². The van der Waals surface area contributed by atoms with E-state index in [0.29, 0.717) is 38.2 Å². The van der Waals surface area contributed by atoms with Crippen molar-refractivity contribution in [1.82, 2.24) is 19.7 Å². The van der Waals surface area contributed by atoms with Gasteiger partial charge in [-0.05, 0) is 32.0 Å². The van der Waals surface area contributed by atoms with E-state index in [1.54, 1.807) is 29.8 Å². The van der Waals surface area contributed by atoms with Crippen molar-refractivity contribution in [2.75, 3.05) is 5.32 Å². The summed E-state index contributed by atoms with van der Waals surface area (Å²) in [5.74, 6) is 1.81. The standard InChI is InChI=1S/C15H12Cl3N5/c1-8-3-4-23(22-8)14-7-13(19-9(2)20-14)21-15-11(17)5-10(16)6-12(15)18/h3-7H,1-2H3,(H,19,20,21). The van der Waals surface area contributed by atoms with E-state index in [2.05, 4.69) is 20.4 Å². The van der Waals surface area contributed by atoms with E-state index >= 15 is 0 Å². The maximum atomic E-state index is 6.19. The van der Waals surface area contributed by atoms with Gasteiger partial charge in [0, 0.05) is 17.3 Å². The highest BCUT2D eigenvalue weighted by molar-refractivity contribution is 6.41. The third kappa shape index (κ3) is 3.58. The summed E-state index contributed by atoms with van der Waals surface area (Å²) in [7, 11) is 0. The molecule has 0 spiro atoms. The molecule has 118 valence electrons. The van der Waals surface area contributed by atoms with E-state index in [1.165, 1.54) is 0 Å². The van der Waals surface area contributed by atoms with Crippen LogP contribution in [0.5, 0.6) is 0 Å². The molecule has 2 aromatic heterocycles. The van der Waals surface area contributed by atoms with Crippen LogP contribution in [0.2, 0.25) is 15.1 Å². The Morgan fingerprint density at radius 1 is 1.00 bits per heavy atom. The first-order valence-corrected chi connectivity index (χ1v) is 7.85. The second-order valence-corrected chi connectivity index (χ2v) is 6.18. The minimum atomic E-state index is 0.412. The summed E-state index contributed by atoms with van der Waals surface area (Å²) < 4.78 is 1.68. The second kappa shape index (κ2) is 6.35. The predicted molar refractivity (Wildman–Crippen MR) is 93.4 cm³/mol. The van der Waals surface area contributed by atoms with Crippen LogP contribution in [0.15, 0.2) is 30.5 Å². The number of rotatable bonds is 3. The zero-order valence-electron chi connectivity index (χ0n) is 12.3. The molecule has 1 aromatic carbocycles. The number of halogens is 3. The lowest BCUT2D eigenvalue weighted by molar-refractivity contribution is 0.817. The van der Waals surface area contributed by atoms with E-state index in [4.69, 9.17) is 34.8 Å². The number of hydrogen-bond acceptors (Lipinski definition) is 4. The molecule has 8 heteroatoms. The van der Waals surface area contributed by atoms with Gasteiger partial charge in [0.1, 0.15) is 11.6 Å². The number of anilines is 2. The molecular formula is C15H12Cl3N5. The number of aromatic nitrogens is 4. The lowest BCUT2D eigenvalue weighted by Gasteiger charge is -2.12. The van der Waals surface area contributed by atoms with Gasteiger partial charge in [-0.1, -0.05) is 34.8 Å². The van der Waals surface area contributed by atoms with Crippen LogP contribution in [0, 0.1) is 13.8 Å². The van der Waals surface area contributed by atoms with Crippen LogP contribution >= 0.6 is 34.8 Å². The van der Waals surface area contributed by atoms with Gasteiger partial charge in [0.25, 0.3) is 0 Å². The average Bonchev–Trinajstić information content (AvgIpc) is 2.89. The Kier molecular flexibility index (Phi) is 4.43. The highest BCUT2D eigenvalue weighted by Gasteiger charge is 2.11. The van der Waals surface area contributed by atoms with Gasteiger partial charge in [-0.15, -0.1) is 0 Å². The highest BCUT2D eigenvalue weighted by Crippen LogP contribution is 2.35. The van der Waals surface area contributed by atoms with E-state index in [0.717, 1.165) is 5.69 Å². The smallest absolute Gasteiger partial charge is 0.159 e. The third-order valence-corrected chi connectivity index (χ3v) is 3.86. The molecule has 0 unspecified atom stereocenters. The number of aryl methyl sites for hydroxylation is 2. The van der Waals surface area contributed by atoms with Crippen LogP contribution < -0.4 is 5.32 Å². The first-order valence-electron chi connectivity index (χ1n) is 6.72. The van der Waals surface area contributed by atoms with Gasteiger partial charge in [0.05, 0.1) is 21.4 Å². The fourth-order valence-electron chi connectivity index (χ4n) is 2.07. The van der Waals surface area contributed by atoms with Crippen LogP contribution in [-0.2, 0) is 0 Å². The van der Waals surface area contributed by atoms with Crippen molar-refractivity contribution in [2.45, 2.75) is 13.8 Å². The molecule has 0 amide bonds. The van der Waals surface area contributed by atoms with E-state index in [-0.39, 0.29) is 0 Å². The third-order valence-electron chi connectivity index (χ3n) is 3.04. The van der Waals surface area contributed by atoms with Gasteiger partial charge in [0.15, 0.2) is 5.82 Å². The van der Waals surface area contributed by atoms with Crippen molar-refractivity contribution in [3.63, 3.8) is 0 Å². The SMILES string of the molecule is Cc1ccn(-c2cc(Nc3c(Cl)cc(Cl)cc3Cl)nc(C)n2)n1. The number of benzene rings is 1. The molecule has 0 aliphatic rings. The molecule has 0 radical (unpaired) electrons. The zero-order valence-corrected chi connectivity index (χ0v) is 14.6. The topological polar surface area (TPSA) is 55.6 Å². The molecular weight excluding hydrogens is 357 g/mol. The van der Waals surface area contributed by atoms with Crippen LogP contribution in [-0.4, -0.2) is 19.7 Å². The molecule has 0 aliphatic carbocycles. The first kappa shape index (κ1) is 16.1. The van der Waals surface area contributed by atoms with E-state index in [1.807, 2.05) is 19.2 Å². The summed E-state index contributed by atoms with van der Waals surface area (Å²) in [6, 6.07) is 6.89. The molecule has 0 fully saturated rings. The molecule has 0 saturated heterocycles. The lowest BCUT2D eigenvalue weighted by atomic mass is 10.3. The number of nitrogens with zero attached hydrogens (tertiary/aromatic N) is 4. The van der Waals surface area contributed by atoms with Gasteiger partial charge in [-0.2, -0.15) is 5.10 Å². The van der Waals surface area contributed by atoms with Crippen molar-refractivity contribution in [1.29, 1.82) is 0 Å². The predicted octanol–water partition coefficient (Wildman–Crippen LogP) is 4.98. The van der Waals surface area contributed by atoms with Crippen LogP contribution in [0.4, 0.5) is 11.5 Å². The van der Waals surface area contributed by atoms with Crippen molar-refractivity contribution in [3.8, 4) is 5.82 Å². The molecule has 23 heavy (non-hydrogen) atoms. The van der Waals surface area contributed by atoms with Gasteiger partial charge in [-0.25, -0.2) is 14.6 Å². The normalized spacial score (nSPS) is 10.8. The fourth-order valence-corrected chi connectivity index (χ4v) is 2.98. The summed E-state index contributed by atoms with van der Waals surface area (Å²) in [4.78, 5) is 8.73. The molecule has 1 N–H and O–H groups in total. The summed E-state index contributed by atoms with van der Waals surface area (Å²) in [5, 5.41) is 8.75. The molecule has 3 rings (SSSR count). The summed E-state index contributed by atoms with van der Waals surface area (Å²) in [6.07, 6.45) is 1.84. The summed E-state index contributed by atoms with van der Waals surface area (Å²) >= 11 is 18.3. The highest BCUT2D eigenvalue weighted by atomic mass is 35.5. The molecule has 5 nitrogen and oxygen atoms in total. The van der Waals surface area contributed by atoms with Crippen molar-refractivity contribution >= 4 is 46.3 Å². The monoisotopic (exact) mass is 367 g/mol. The fraction of sp³-hybridized carbons (Fsp3) is 0.133. The van der Waals surface area contributed by atoms with E-state index in [9.17, 15) is 0 Å². The van der Waals surface area contributed by atoms with Gasteiger partial charge >= 0.3 is 0 Å². The Hall–Kier alpha value is -1.82. The van der Waals surface area contributed by atoms with Crippen LogP contribution in [0.25, 0.3) is 5.82 Å². The van der Waals surface area contributed by atoms with E-state index < -0.39 is 0 Å². The minimum Gasteiger partial charge on any atom is -0.338 e. The molecule has 0 bridgehead atoms. The molecule has 0 atom stereocenters. The second-order valence-electron chi connectivity index (χ2n) is 4.93. The maximum Gasteiger partial charge on any atom is 0.159 e. The minimum absolute atomic E-state index is 0.412. The summed E-state index contributed by atoms with van der Waals surface area (Å²) in [6.45, 7) is 3.72. The molecule has 3 aromatic rings.